The maximum absolute atomic E-state index is 12.7. The fourth-order valence-corrected chi connectivity index (χ4v) is 3.64. The number of pyridine rings is 1. The average molecular weight is 375 g/mol. The molecule has 0 bridgehead atoms. The first-order valence-corrected chi connectivity index (χ1v) is 9.23. The molecule has 3 aromatic rings. The van der Waals surface area contributed by atoms with Crippen molar-refractivity contribution in [3.8, 4) is 5.82 Å². The number of carbonyl (C=O) groups is 2. The van der Waals surface area contributed by atoms with E-state index >= 15 is 0 Å². The summed E-state index contributed by atoms with van der Waals surface area (Å²) in [7, 11) is 0. The van der Waals surface area contributed by atoms with Crippen LogP contribution >= 0.6 is 0 Å². The van der Waals surface area contributed by atoms with Gasteiger partial charge in [0, 0.05) is 25.9 Å². The Morgan fingerprint density at radius 1 is 1.18 bits per heavy atom. The lowest BCUT2D eigenvalue weighted by molar-refractivity contribution is -0.132. The van der Waals surface area contributed by atoms with Gasteiger partial charge in [-0.15, -0.1) is 0 Å². The molecule has 0 saturated carbocycles. The van der Waals surface area contributed by atoms with Crippen LogP contribution in [0.5, 0.6) is 0 Å². The monoisotopic (exact) mass is 375 g/mol. The van der Waals surface area contributed by atoms with Crippen molar-refractivity contribution in [3.63, 3.8) is 0 Å². The molecule has 0 radical (unpaired) electrons. The minimum atomic E-state index is -0.251. The summed E-state index contributed by atoms with van der Waals surface area (Å²) < 4.78 is 1.65. The minimum absolute atomic E-state index is 0.0162. The molecule has 4 rings (SSSR count). The third-order valence-corrected chi connectivity index (χ3v) is 4.97. The molecule has 2 aromatic heterocycles. The summed E-state index contributed by atoms with van der Waals surface area (Å²) in [6.45, 7) is 2.18. The van der Waals surface area contributed by atoms with E-state index in [2.05, 4.69) is 21.5 Å². The predicted octanol–water partition coefficient (Wildman–Crippen LogP) is 2.74. The van der Waals surface area contributed by atoms with Crippen molar-refractivity contribution < 1.29 is 9.59 Å². The number of nitrogens with zero attached hydrogens (tertiary/aromatic N) is 4. The maximum Gasteiger partial charge on any atom is 0.226 e. The highest BCUT2D eigenvalue weighted by molar-refractivity contribution is 5.91. The van der Waals surface area contributed by atoms with E-state index < -0.39 is 0 Å². The summed E-state index contributed by atoms with van der Waals surface area (Å²) in [5.41, 5.74) is 2.86. The number of hydrogen-bond acceptors (Lipinski definition) is 4. The molecule has 1 atom stereocenters. The molecule has 0 saturated heterocycles. The zero-order valence-corrected chi connectivity index (χ0v) is 15.6. The van der Waals surface area contributed by atoms with E-state index in [9.17, 15) is 9.59 Å². The lowest BCUT2D eigenvalue weighted by atomic mass is 9.90. The van der Waals surface area contributed by atoms with Gasteiger partial charge in [0.2, 0.25) is 11.8 Å². The summed E-state index contributed by atoms with van der Waals surface area (Å²) in [4.78, 5) is 30.9. The highest BCUT2D eigenvalue weighted by Gasteiger charge is 2.30. The van der Waals surface area contributed by atoms with E-state index in [1.54, 1.807) is 47.2 Å². The molecule has 1 N–H and O–H groups in total. The standard InChI is InChI=1S/C21H21N5O2/c1-15(27)25-12-9-16-5-2-3-6-18(16)19(25)13-21(28)24-17-7-8-20(22-14-17)26-11-4-10-23-26/h2-8,10-11,14,19H,9,12-13H2,1H3,(H,24,28)/t19-/m0/s1. The van der Waals surface area contributed by atoms with Gasteiger partial charge in [-0.05, 0) is 35.7 Å². The van der Waals surface area contributed by atoms with Crippen molar-refractivity contribution in [3.05, 3.63) is 72.2 Å². The number of aromatic nitrogens is 3. The first-order chi connectivity index (χ1) is 13.6. The first-order valence-electron chi connectivity index (χ1n) is 9.23. The molecule has 0 spiro atoms. The van der Waals surface area contributed by atoms with Gasteiger partial charge in [-0.2, -0.15) is 5.10 Å². The molecule has 28 heavy (non-hydrogen) atoms. The topological polar surface area (TPSA) is 80.1 Å². The SMILES string of the molecule is CC(=O)N1CCc2ccccc2[C@@H]1CC(=O)Nc1ccc(-n2cccn2)nc1. The fraction of sp³-hybridized carbons (Fsp3) is 0.238. The van der Waals surface area contributed by atoms with Crippen LogP contribution in [0.2, 0.25) is 0 Å². The second-order valence-corrected chi connectivity index (χ2v) is 6.79. The highest BCUT2D eigenvalue weighted by Crippen LogP contribution is 2.32. The van der Waals surface area contributed by atoms with Crippen LogP contribution in [0, 0.1) is 0 Å². The van der Waals surface area contributed by atoms with Crippen LogP contribution in [0.4, 0.5) is 5.69 Å². The Bertz CT molecular complexity index is 982. The summed E-state index contributed by atoms with van der Waals surface area (Å²) >= 11 is 0. The maximum atomic E-state index is 12.7. The smallest absolute Gasteiger partial charge is 0.226 e. The van der Waals surface area contributed by atoms with E-state index in [-0.39, 0.29) is 24.3 Å². The normalized spacial score (nSPS) is 15.8. The summed E-state index contributed by atoms with van der Waals surface area (Å²) in [5, 5.41) is 7.01. The third-order valence-electron chi connectivity index (χ3n) is 4.97. The molecule has 3 heterocycles. The van der Waals surface area contributed by atoms with Gasteiger partial charge < -0.3 is 10.2 Å². The van der Waals surface area contributed by atoms with Crippen molar-refractivity contribution in [2.24, 2.45) is 0 Å². The molecule has 1 aromatic carbocycles. The van der Waals surface area contributed by atoms with Crippen LogP contribution < -0.4 is 5.32 Å². The van der Waals surface area contributed by atoms with Gasteiger partial charge in [0.25, 0.3) is 0 Å². The lowest BCUT2D eigenvalue weighted by Gasteiger charge is -2.36. The fourth-order valence-electron chi connectivity index (χ4n) is 3.64. The summed E-state index contributed by atoms with van der Waals surface area (Å²) in [5.74, 6) is 0.506. The number of nitrogens with one attached hydrogen (secondary N) is 1. The second-order valence-electron chi connectivity index (χ2n) is 6.79. The predicted molar refractivity (Wildman–Crippen MR) is 105 cm³/mol. The van der Waals surface area contributed by atoms with Crippen LogP contribution in [0.15, 0.2) is 61.1 Å². The number of fused-ring (bicyclic) bond motifs is 1. The number of amides is 2. The molecule has 1 aliphatic rings. The largest absolute Gasteiger partial charge is 0.335 e. The molecule has 0 aliphatic carbocycles. The molecule has 7 nitrogen and oxygen atoms in total. The van der Waals surface area contributed by atoms with Crippen LogP contribution in [0.25, 0.3) is 5.82 Å². The van der Waals surface area contributed by atoms with E-state index in [0.29, 0.717) is 18.1 Å². The van der Waals surface area contributed by atoms with E-state index in [0.717, 1.165) is 12.0 Å². The van der Waals surface area contributed by atoms with Crippen molar-refractivity contribution in [2.45, 2.75) is 25.8 Å². The summed E-state index contributed by atoms with van der Waals surface area (Å²) in [6, 6.07) is 13.2. The zero-order chi connectivity index (χ0) is 19.5. The molecule has 2 amide bonds. The Balaban J connectivity index is 1.48. The Kier molecular flexibility index (Phi) is 4.89. The first kappa shape index (κ1) is 17.9. The number of rotatable bonds is 4. The Labute approximate surface area is 163 Å². The van der Waals surface area contributed by atoms with Gasteiger partial charge in [0.15, 0.2) is 5.82 Å². The van der Waals surface area contributed by atoms with Gasteiger partial charge >= 0.3 is 0 Å². The molecule has 0 unspecified atom stereocenters. The zero-order valence-electron chi connectivity index (χ0n) is 15.6. The molecular weight excluding hydrogens is 354 g/mol. The Morgan fingerprint density at radius 3 is 2.75 bits per heavy atom. The van der Waals surface area contributed by atoms with Crippen molar-refractivity contribution >= 4 is 17.5 Å². The lowest BCUT2D eigenvalue weighted by Crippen LogP contribution is -2.40. The van der Waals surface area contributed by atoms with Gasteiger partial charge in [0.05, 0.1) is 24.3 Å². The number of anilines is 1. The van der Waals surface area contributed by atoms with Crippen LogP contribution in [0.3, 0.4) is 0 Å². The average Bonchev–Trinajstić information content (AvgIpc) is 3.23. The van der Waals surface area contributed by atoms with Crippen LogP contribution in [-0.4, -0.2) is 38.0 Å². The van der Waals surface area contributed by atoms with Crippen LogP contribution in [0.1, 0.15) is 30.5 Å². The van der Waals surface area contributed by atoms with Gasteiger partial charge in [-0.25, -0.2) is 9.67 Å². The van der Waals surface area contributed by atoms with E-state index in [4.69, 9.17) is 0 Å². The molecule has 0 fully saturated rings. The van der Waals surface area contributed by atoms with E-state index in [1.165, 1.54) is 5.56 Å². The van der Waals surface area contributed by atoms with Crippen LogP contribution in [-0.2, 0) is 16.0 Å². The Hall–Kier alpha value is -3.48. The summed E-state index contributed by atoms with van der Waals surface area (Å²) in [6.07, 6.45) is 6.11. The minimum Gasteiger partial charge on any atom is -0.335 e. The number of hydrogen-bond donors (Lipinski definition) is 1. The van der Waals surface area contributed by atoms with Gasteiger partial charge in [-0.1, -0.05) is 24.3 Å². The van der Waals surface area contributed by atoms with Crippen molar-refractivity contribution in [2.75, 3.05) is 11.9 Å². The highest BCUT2D eigenvalue weighted by atomic mass is 16.2. The molecular formula is C21H21N5O2. The number of benzene rings is 1. The second kappa shape index (κ2) is 7.64. The number of carbonyl (C=O) groups excluding carboxylic acids is 2. The van der Waals surface area contributed by atoms with Crippen molar-refractivity contribution in [1.29, 1.82) is 0 Å². The third kappa shape index (κ3) is 3.64. The van der Waals surface area contributed by atoms with Crippen molar-refractivity contribution in [1.82, 2.24) is 19.7 Å². The van der Waals surface area contributed by atoms with Gasteiger partial charge in [0.1, 0.15) is 0 Å². The molecule has 1 aliphatic heterocycles. The molecule has 7 heteroatoms. The van der Waals surface area contributed by atoms with E-state index in [1.807, 2.05) is 24.3 Å². The quantitative estimate of drug-likeness (QED) is 0.760. The van der Waals surface area contributed by atoms with Gasteiger partial charge in [-0.3, -0.25) is 9.59 Å². The Morgan fingerprint density at radius 2 is 2.04 bits per heavy atom. The molecule has 142 valence electrons.